The van der Waals surface area contributed by atoms with E-state index in [4.69, 9.17) is 41.2 Å². The van der Waals surface area contributed by atoms with Crippen LogP contribution in [0.25, 0.3) is 0 Å². The molecule has 0 aromatic carbocycles. The second kappa shape index (κ2) is 11.4. The minimum absolute atomic E-state index is 0.231. The molecule has 0 aromatic rings. The normalized spacial score (nSPS) is 23.8. The summed E-state index contributed by atoms with van der Waals surface area (Å²) in [6.45, 7) is 8.19. The SMILES string of the molecule is C#CC[N+](CCCCC)(CCCCC)CC1(I)C(Cl)=CC(Cl)=CC1Cl. The summed E-state index contributed by atoms with van der Waals surface area (Å²) in [6.07, 6.45) is 16.7. The molecule has 0 aliphatic heterocycles. The van der Waals surface area contributed by atoms with E-state index in [1.807, 2.05) is 12.2 Å². The fourth-order valence-corrected chi connectivity index (χ4v) is 5.50. The van der Waals surface area contributed by atoms with Crippen LogP contribution in [0.15, 0.2) is 22.2 Å². The molecule has 0 N–H and O–H groups in total. The highest BCUT2D eigenvalue weighted by atomic mass is 127. The first kappa shape index (κ1) is 23.6. The van der Waals surface area contributed by atoms with Crippen molar-refractivity contribution in [2.24, 2.45) is 0 Å². The Morgan fingerprint density at radius 2 is 1.72 bits per heavy atom. The maximum atomic E-state index is 6.69. The Hall–Kier alpha value is 0.600. The van der Waals surface area contributed by atoms with E-state index in [9.17, 15) is 0 Å². The van der Waals surface area contributed by atoms with E-state index in [-0.39, 0.29) is 8.80 Å². The molecule has 0 spiro atoms. The van der Waals surface area contributed by atoms with E-state index in [1.165, 1.54) is 38.5 Å². The summed E-state index contributed by atoms with van der Waals surface area (Å²) < 4.78 is 0.521. The molecule has 0 aromatic heterocycles. The van der Waals surface area contributed by atoms with Crippen molar-refractivity contribution in [3.05, 3.63) is 22.2 Å². The fraction of sp³-hybridized carbons (Fsp3) is 0.700. The molecule has 0 radical (unpaired) electrons. The lowest BCUT2D eigenvalue weighted by Crippen LogP contribution is -2.58. The molecule has 0 heterocycles. The lowest BCUT2D eigenvalue weighted by molar-refractivity contribution is -0.922. The third-order valence-electron chi connectivity index (χ3n) is 4.87. The maximum Gasteiger partial charge on any atom is 0.140 e. The lowest BCUT2D eigenvalue weighted by atomic mass is 9.96. The van der Waals surface area contributed by atoms with Gasteiger partial charge in [-0.1, -0.05) is 72.5 Å². The van der Waals surface area contributed by atoms with Gasteiger partial charge in [0.15, 0.2) is 0 Å². The van der Waals surface area contributed by atoms with Gasteiger partial charge in [0.25, 0.3) is 0 Å². The van der Waals surface area contributed by atoms with Crippen LogP contribution in [-0.2, 0) is 0 Å². The van der Waals surface area contributed by atoms with Gasteiger partial charge >= 0.3 is 0 Å². The van der Waals surface area contributed by atoms with E-state index in [2.05, 4.69) is 42.4 Å². The molecule has 1 aliphatic carbocycles. The Balaban J connectivity index is 3.07. The molecule has 2 atom stereocenters. The van der Waals surface area contributed by atoms with Crippen LogP contribution in [0, 0.1) is 12.3 Å². The summed E-state index contributed by atoms with van der Waals surface area (Å²) in [5.74, 6) is 2.93. The zero-order valence-corrected chi connectivity index (χ0v) is 19.8. The van der Waals surface area contributed by atoms with Gasteiger partial charge in [-0.15, -0.1) is 18.0 Å². The molecule has 5 heteroatoms. The van der Waals surface area contributed by atoms with E-state index < -0.39 is 0 Å². The molecular formula is C20H30Cl3IN+. The first-order valence-electron chi connectivity index (χ1n) is 9.20. The largest absolute Gasteiger partial charge is 0.312 e. The minimum Gasteiger partial charge on any atom is -0.312 e. The number of terminal acetylenes is 1. The molecule has 1 aliphatic rings. The lowest BCUT2D eigenvalue weighted by Gasteiger charge is -2.45. The quantitative estimate of drug-likeness (QED) is 0.0924. The van der Waals surface area contributed by atoms with Gasteiger partial charge in [-0.3, -0.25) is 0 Å². The predicted molar refractivity (Wildman–Crippen MR) is 122 cm³/mol. The molecule has 142 valence electrons. The average Bonchev–Trinajstić information content (AvgIpc) is 2.54. The first-order valence-corrected chi connectivity index (χ1v) is 11.5. The van der Waals surface area contributed by atoms with Crippen molar-refractivity contribution in [1.82, 2.24) is 0 Å². The van der Waals surface area contributed by atoms with Crippen molar-refractivity contribution >= 4 is 57.4 Å². The van der Waals surface area contributed by atoms with Crippen LogP contribution in [0.2, 0.25) is 0 Å². The van der Waals surface area contributed by atoms with E-state index in [0.29, 0.717) is 5.03 Å². The molecule has 0 amide bonds. The molecule has 1 rings (SSSR count). The first-order chi connectivity index (χ1) is 11.8. The molecular weight excluding hydrogens is 487 g/mol. The van der Waals surface area contributed by atoms with Crippen LogP contribution in [-0.4, -0.2) is 39.5 Å². The Morgan fingerprint density at radius 1 is 1.16 bits per heavy atom. The molecule has 25 heavy (non-hydrogen) atoms. The highest BCUT2D eigenvalue weighted by Crippen LogP contribution is 2.44. The van der Waals surface area contributed by atoms with Crippen LogP contribution >= 0.6 is 57.4 Å². The van der Waals surface area contributed by atoms with Crippen molar-refractivity contribution in [2.75, 3.05) is 26.2 Å². The zero-order valence-electron chi connectivity index (χ0n) is 15.3. The molecule has 1 nitrogen and oxygen atoms in total. The smallest absolute Gasteiger partial charge is 0.140 e. The van der Waals surface area contributed by atoms with Crippen LogP contribution in [0.3, 0.4) is 0 Å². The van der Waals surface area contributed by atoms with Crippen LogP contribution < -0.4 is 0 Å². The van der Waals surface area contributed by atoms with Crippen molar-refractivity contribution in [1.29, 1.82) is 0 Å². The second-order valence-corrected chi connectivity index (χ2v) is 10.3. The summed E-state index contributed by atoms with van der Waals surface area (Å²) in [4.78, 5) is 0. The number of alkyl halides is 2. The van der Waals surface area contributed by atoms with Crippen molar-refractivity contribution < 1.29 is 4.48 Å². The summed E-state index contributed by atoms with van der Waals surface area (Å²) in [7, 11) is 0. The number of rotatable bonds is 11. The molecule has 0 fully saturated rings. The van der Waals surface area contributed by atoms with Crippen LogP contribution in [0.1, 0.15) is 52.4 Å². The van der Waals surface area contributed by atoms with Crippen LogP contribution in [0.5, 0.6) is 0 Å². The second-order valence-electron chi connectivity index (χ2n) is 7.03. The number of quaternary nitrogens is 1. The van der Waals surface area contributed by atoms with E-state index >= 15 is 0 Å². The zero-order chi connectivity index (χ0) is 18.9. The highest BCUT2D eigenvalue weighted by molar-refractivity contribution is 14.1. The van der Waals surface area contributed by atoms with E-state index in [0.717, 1.165) is 35.7 Å². The summed E-state index contributed by atoms with van der Waals surface area (Å²) in [5, 5.41) is 1.11. The number of halogens is 4. The minimum atomic E-state index is -0.367. The monoisotopic (exact) mass is 516 g/mol. The van der Waals surface area contributed by atoms with Crippen molar-refractivity contribution in [3.8, 4) is 12.3 Å². The van der Waals surface area contributed by atoms with Gasteiger partial charge in [-0.2, -0.15) is 0 Å². The highest BCUT2D eigenvalue weighted by Gasteiger charge is 2.47. The molecule has 2 unspecified atom stereocenters. The van der Waals surface area contributed by atoms with Gasteiger partial charge in [0.1, 0.15) is 16.5 Å². The maximum absolute atomic E-state index is 6.69. The van der Waals surface area contributed by atoms with Gasteiger partial charge in [0.05, 0.1) is 18.5 Å². The molecule has 0 saturated carbocycles. The third-order valence-corrected chi connectivity index (χ3v) is 8.33. The summed E-state index contributed by atoms with van der Waals surface area (Å²) in [5.41, 5.74) is 0. The number of hydrogen-bond donors (Lipinski definition) is 0. The number of allylic oxidation sites excluding steroid dienone is 3. The fourth-order valence-electron chi connectivity index (χ4n) is 3.42. The van der Waals surface area contributed by atoms with Gasteiger partial charge in [-0.05, 0) is 43.8 Å². The summed E-state index contributed by atoms with van der Waals surface area (Å²) in [6, 6.07) is 0. The van der Waals surface area contributed by atoms with Crippen LogP contribution in [0.4, 0.5) is 0 Å². The summed E-state index contributed by atoms with van der Waals surface area (Å²) >= 11 is 21.9. The van der Waals surface area contributed by atoms with Gasteiger partial charge < -0.3 is 4.48 Å². The topological polar surface area (TPSA) is 0 Å². The average molecular weight is 518 g/mol. The third kappa shape index (κ3) is 6.92. The molecule has 0 saturated heterocycles. The Bertz CT molecular complexity index is 514. The number of hydrogen-bond acceptors (Lipinski definition) is 0. The standard InChI is InChI=1S/C20H30Cl3IN/c1-4-7-9-12-25(11-6-3,13-10-8-5-2)16-20(24)18(22)14-17(21)15-19(20)23/h3,14-15,18H,4-5,7-13,16H2,1-2H3/q+1. The molecule has 0 bridgehead atoms. The van der Waals surface area contributed by atoms with Gasteiger partial charge in [-0.25, -0.2) is 0 Å². The Labute approximate surface area is 182 Å². The number of nitrogens with zero attached hydrogens (tertiary/aromatic N) is 1. The van der Waals surface area contributed by atoms with Gasteiger partial charge in [0.2, 0.25) is 0 Å². The van der Waals surface area contributed by atoms with Crippen molar-refractivity contribution in [3.63, 3.8) is 0 Å². The van der Waals surface area contributed by atoms with Gasteiger partial charge in [0, 0.05) is 10.1 Å². The predicted octanol–water partition coefficient (Wildman–Crippen LogP) is 6.86. The Kier molecular flexibility index (Phi) is 10.8. The Morgan fingerprint density at radius 3 is 2.16 bits per heavy atom. The number of unbranched alkanes of at least 4 members (excludes halogenated alkanes) is 4. The van der Waals surface area contributed by atoms with E-state index in [1.54, 1.807) is 0 Å². The van der Waals surface area contributed by atoms with Crippen molar-refractivity contribution in [2.45, 2.75) is 61.2 Å².